The average Bonchev–Trinajstić information content (AvgIpc) is 2.65. The molecule has 0 aliphatic carbocycles. The highest BCUT2D eigenvalue weighted by molar-refractivity contribution is 7.71. The summed E-state index contributed by atoms with van der Waals surface area (Å²) < 4.78 is 20.3. The summed E-state index contributed by atoms with van der Waals surface area (Å²) in [5.41, 5.74) is 0.280. The number of aromatic nitrogens is 2. The van der Waals surface area contributed by atoms with Crippen molar-refractivity contribution in [3.05, 3.63) is 26.9 Å². The largest absolute Gasteiger partial charge is 0.394 e. The Labute approximate surface area is 102 Å². The van der Waals surface area contributed by atoms with E-state index in [1.807, 2.05) is 0 Å². The zero-order chi connectivity index (χ0) is 12.6. The highest BCUT2D eigenvalue weighted by atomic mass is 32.1. The van der Waals surface area contributed by atoms with Gasteiger partial charge in [0.1, 0.15) is 23.1 Å². The summed E-state index contributed by atoms with van der Waals surface area (Å²) in [5, 5.41) is 8.89. The molecule has 1 aromatic heterocycles. The molecule has 1 aliphatic rings. The van der Waals surface area contributed by atoms with Gasteiger partial charge in [0.05, 0.1) is 6.61 Å². The molecular weight excluding hydrogens is 247 g/mol. The second-order valence-corrected chi connectivity index (χ2v) is 4.45. The van der Waals surface area contributed by atoms with Gasteiger partial charge in [-0.2, -0.15) is 0 Å². The first-order valence-electron chi connectivity index (χ1n) is 5.25. The summed E-state index contributed by atoms with van der Waals surface area (Å²) >= 11 is 4.92. The molecule has 17 heavy (non-hydrogen) atoms. The van der Waals surface area contributed by atoms with Crippen LogP contribution in [-0.4, -0.2) is 33.5 Å². The van der Waals surface area contributed by atoms with Gasteiger partial charge in [0.2, 0.25) is 0 Å². The number of aliphatic hydroxyl groups excluding tert-OH is 1. The molecule has 2 rings (SSSR count). The lowest BCUT2D eigenvalue weighted by Gasteiger charge is -2.14. The Kier molecular flexibility index (Phi) is 3.41. The van der Waals surface area contributed by atoms with E-state index in [9.17, 15) is 9.18 Å². The Morgan fingerprint density at radius 3 is 3.06 bits per heavy atom. The van der Waals surface area contributed by atoms with Gasteiger partial charge in [0.25, 0.3) is 0 Å². The summed E-state index contributed by atoms with van der Waals surface area (Å²) in [6, 6.07) is 0. The Balaban J connectivity index is 2.34. The lowest BCUT2D eigenvalue weighted by atomic mass is 10.2. The van der Waals surface area contributed by atoms with E-state index in [2.05, 4.69) is 4.98 Å². The van der Waals surface area contributed by atoms with Crippen LogP contribution in [0.2, 0.25) is 0 Å². The fourth-order valence-corrected chi connectivity index (χ4v) is 1.96. The van der Waals surface area contributed by atoms with Crippen LogP contribution in [0, 0.1) is 11.6 Å². The van der Waals surface area contributed by atoms with Gasteiger partial charge in [0.15, 0.2) is 0 Å². The van der Waals surface area contributed by atoms with Crippen LogP contribution in [-0.2, 0) is 4.74 Å². The molecule has 2 heterocycles. The van der Waals surface area contributed by atoms with Gasteiger partial charge < -0.3 is 9.84 Å². The van der Waals surface area contributed by atoms with Crippen LogP contribution in [0.4, 0.5) is 4.39 Å². The molecule has 1 fully saturated rings. The molecule has 0 bridgehead atoms. The highest BCUT2D eigenvalue weighted by Gasteiger charge is 2.36. The van der Waals surface area contributed by atoms with Crippen LogP contribution in [0.3, 0.4) is 0 Å². The zero-order valence-corrected chi connectivity index (χ0v) is 10.0. The molecule has 94 valence electrons. The predicted octanol–water partition coefficient (Wildman–Crippen LogP) is 0.832. The Morgan fingerprint density at radius 1 is 1.76 bits per heavy atom. The van der Waals surface area contributed by atoms with Gasteiger partial charge >= 0.3 is 5.69 Å². The molecule has 2 N–H and O–H groups in total. The van der Waals surface area contributed by atoms with Crippen molar-refractivity contribution in [1.82, 2.24) is 9.55 Å². The van der Waals surface area contributed by atoms with Crippen LogP contribution >= 0.6 is 12.2 Å². The van der Waals surface area contributed by atoms with Crippen molar-refractivity contribution in [3.63, 3.8) is 0 Å². The number of nitrogens with one attached hydrogen (secondary N) is 1. The zero-order valence-electron chi connectivity index (χ0n) is 9.22. The van der Waals surface area contributed by atoms with E-state index in [0.717, 1.165) is 0 Å². The molecule has 1 aliphatic heterocycles. The topological polar surface area (TPSA) is 67.2 Å². The quantitative estimate of drug-likeness (QED) is 0.773. The van der Waals surface area contributed by atoms with Crippen molar-refractivity contribution in [2.75, 3.05) is 6.61 Å². The second kappa shape index (κ2) is 4.67. The molecular formula is C10H13FN2O3S. The number of halogens is 1. The number of aryl methyl sites for hydroxylation is 1. The van der Waals surface area contributed by atoms with Crippen LogP contribution in [0.15, 0.2) is 11.0 Å². The SMILES string of the molecule is Cc1cn([C@H]2CC(F)[C@@H](CO)O2)c(=O)[nH]c1=S. The normalized spacial score (nSPS) is 28.5. The molecule has 3 atom stereocenters. The van der Waals surface area contributed by atoms with E-state index >= 15 is 0 Å². The fourth-order valence-electron chi connectivity index (χ4n) is 1.82. The molecule has 0 spiro atoms. The number of rotatable bonds is 2. The molecule has 0 saturated carbocycles. The number of ether oxygens (including phenoxy) is 1. The predicted molar refractivity (Wildman–Crippen MR) is 61.1 cm³/mol. The van der Waals surface area contributed by atoms with E-state index < -0.39 is 30.8 Å². The van der Waals surface area contributed by atoms with Gasteiger partial charge in [0, 0.05) is 18.2 Å². The average molecular weight is 260 g/mol. The fraction of sp³-hybridized carbons (Fsp3) is 0.600. The second-order valence-electron chi connectivity index (χ2n) is 4.04. The molecule has 0 radical (unpaired) electrons. The van der Waals surface area contributed by atoms with Crippen molar-refractivity contribution in [2.24, 2.45) is 0 Å². The van der Waals surface area contributed by atoms with Crippen molar-refractivity contribution in [3.8, 4) is 0 Å². The number of aliphatic hydroxyl groups is 1. The third-order valence-electron chi connectivity index (χ3n) is 2.80. The Hall–Kier alpha value is -1.05. The lowest BCUT2D eigenvalue weighted by Crippen LogP contribution is -2.28. The standard InChI is InChI=1S/C10H13FN2O3S/c1-5-3-13(10(15)12-9(5)17)8-2-6(11)7(4-14)16-8/h3,6-8,14H,2,4H2,1H3,(H,12,15,17)/t6?,7-,8-/m1/s1. The van der Waals surface area contributed by atoms with E-state index in [-0.39, 0.29) is 6.42 Å². The maximum Gasteiger partial charge on any atom is 0.328 e. The number of H-pyrrole nitrogens is 1. The molecule has 7 heteroatoms. The van der Waals surface area contributed by atoms with E-state index in [1.54, 1.807) is 6.92 Å². The highest BCUT2D eigenvalue weighted by Crippen LogP contribution is 2.29. The molecule has 0 amide bonds. The number of nitrogens with zero attached hydrogens (tertiary/aromatic N) is 1. The van der Waals surface area contributed by atoms with Crippen molar-refractivity contribution >= 4 is 12.2 Å². The van der Waals surface area contributed by atoms with Gasteiger partial charge in [-0.3, -0.25) is 9.55 Å². The minimum atomic E-state index is -1.26. The van der Waals surface area contributed by atoms with E-state index in [1.165, 1.54) is 10.8 Å². The number of aromatic amines is 1. The minimum absolute atomic E-state index is 0.0508. The molecule has 1 saturated heterocycles. The molecule has 0 aromatic carbocycles. The summed E-state index contributed by atoms with van der Waals surface area (Å²) in [7, 11) is 0. The monoisotopic (exact) mass is 260 g/mol. The molecule has 1 aromatic rings. The summed E-state index contributed by atoms with van der Waals surface area (Å²) in [6.45, 7) is 1.36. The number of alkyl halides is 1. The van der Waals surface area contributed by atoms with Crippen molar-refractivity contribution < 1.29 is 14.2 Å². The van der Waals surface area contributed by atoms with E-state index in [4.69, 9.17) is 22.1 Å². The maximum absolute atomic E-state index is 13.4. The summed E-state index contributed by atoms with van der Waals surface area (Å²) in [4.78, 5) is 14.1. The number of hydrogen-bond acceptors (Lipinski definition) is 4. The minimum Gasteiger partial charge on any atom is -0.394 e. The first-order chi connectivity index (χ1) is 8.02. The lowest BCUT2D eigenvalue weighted by molar-refractivity contribution is -0.0356. The van der Waals surface area contributed by atoms with Crippen molar-refractivity contribution in [2.45, 2.75) is 31.8 Å². The molecule has 1 unspecified atom stereocenters. The van der Waals surface area contributed by atoms with E-state index in [0.29, 0.717) is 10.2 Å². The smallest absolute Gasteiger partial charge is 0.328 e. The first-order valence-corrected chi connectivity index (χ1v) is 5.66. The summed E-state index contributed by atoms with van der Waals surface area (Å²) in [6.07, 6.45) is -1.23. The Bertz CT molecular complexity index is 527. The van der Waals surface area contributed by atoms with Crippen molar-refractivity contribution in [1.29, 1.82) is 0 Å². The Morgan fingerprint density at radius 2 is 2.47 bits per heavy atom. The van der Waals surface area contributed by atoms with Gasteiger partial charge in [-0.25, -0.2) is 9.18 Å². The van der Waals surface area contributed by atoms with Crippen LogP contribution in [0.1, 0.15) is 18.2 Å². The third kappa shape index (κ3) is 2.31. The van der Waals surface area contributed by atoms with Gasteiger partial charge in [-0.15, -0.1) is 0 Å². The van der Waals surface area contributed by atoms with Gasteiger partial charge in [-0.05, 0) is 6.92 Å². The van der Waals surface area contributed by atoms with Crippen LogP contribution < -0.4 is 5.69 Å². The molecule has 5 nitrogen and oxygen atoms in total. The van der Waals surface area contributed by atoms with Crippen LogP contribution in [0.5, 0.6) is 0 Å². The summed E-state index contributed by atoms with van der Waals surface area (Å²) in [5.74, 6) is 0. The number of hydrogen-bond donors (Lipinski definition) is 2. The maximum atomic E-state index is 13.4. The third-order valence-corrected chi connectivity index (χ3v) is 3.22. The first kappa shape index (κ1) is 12.4. The van der Waals surface area contributed by atoms with Gasteiger partial charge in [-0.1, -0.05) is 12.2 Å². The van der Waals surface area contributed by atoms with Crippen LogP contribution in [0.25, 0.3) is 0 Å².